The molecule has 0 atom stereocenters. The molecule has 0 saturated carbocycles. The summed E-state index contributed by atoms with van der Waals surface area (Å²) in [7, 11) is 0. The van der Waals surface area contributed by atoms with Gasteiger partial charge in [-0.1, -0.05) is 12.1 Å². The molecule has 0 bridgehead atoms. The third-order valence-electron chi connectivity index (χ3n) is 5.28. The second-order valence-electron chi connectivity index (χ2n) is 6.95. The Bertz CT molecular complexity index is 755. The van der Waals surface area contributed by atoms with Crippen LogP contribution in [0.5, 0.6) is 5.75 Å². The molecule has 5 heteroatoms. The lowest BCUT2D eigenvalue weighted by atomic mass is 9.99. The SMILES string of the molecule is CCOc1ccccc1N1CCN(C(=O)c2cc3c(s2)CCCC3)CC1. The molecule has 0 radical (unpaired) electrons. The number of fused-ring (bicyclic) bond motifs is 1. The van der Waals surface area contributed by atoms with E-state index in [2.05, 4.69) is 17.0 Å². The van der Waals surface area contributed by atoms with Crippen molar-refractivity contribution in [1.82, 2.24) is 4.90 Å². The van der Waals surface area contributed by atoms with E-state index in [1.54, 1.807) is 11.3 Å². The maximum Gasteiger partial charge on any atom is 0.264 e. The summed E-state index contributed by atoms with van der Waals surface area (Å²) >= 11 is 1.72. The molecule has 2 aliphatic rings. The first kappa shape index (κ1) is 17.4. The predicted molar refractivity (Wildman–Crippen MR) is 107 cm³/mol. The number of aryl methyl sites for hydroxylation is 2. The van der Waals surface area contributed by atoms with Gasteiger partial charge in [0.1, 0.15) is 5.75 Å². The van der Waals surface area contributed by atoms with E-state index in [0.717, 1.165) is 55.3 Å². The summed E-state index contributed by atoms with van der Waals surface area (Å²) in [5.41, 5.74) is 2.54. The van der Waals surface area contributed by atoms with E-state index in [9.17, 15) is 4.79 Å². The Morgan fingerprint density at radius 1 is 1.12 bits per heavy atom. The largest absolute Gasteiger partial charge is 0.492 e. The Kier molecular flexibility index (Phi) is 5.16. The van der Waals surface area contributed by atoms with Gasteiger partial charge in [0, 0.05) is 31.1 Å². The van der Waals surface area contributed by atoms with Crippen LogP contribution in [0.2, 0.25) is 0 Å². The Morgan fingerprint density at radius 3 is 2.65 bits per heavy atom. The van der Waals surface area contributed by atoms with Crippen LogP contribution in [-0.2, 0) is 12.8 Å². The Labute approximate surface area is 159 Å². The normalized spacial score (nSPS) is 17.1. The molecule has 4 nitrogen and oxygen atoms in total. The van der Waals surface area contributed by atoms with E-state index < -0.39 is 0 Å². The minimum absolute atomic E-state index is 0.210. The molecule has 2 heterocycles. The number of benzene rings is 1. The van der Waals surface area contributed by atoms with Gasteiger partial charge in [-0.05, 0) is 56.4 Å². The monoisotopic (exact) mass is 370 g/mol. The van der Waals surface area contributed by atoms with E-state index in [1.165, 1.54) is 23.3 Å². The zero-order valence-electron chi connectivity index (χ0n) is 15.4. The fourth-order valence-electron chi connectivity index (χ4n) is 3.90. The number of ether oxygens (including phenoxy) is 1. The lowest BCUT2D eigenvalue weighted by Crippen LogP contribution is -2.48. The molecule has 1 fully saturated rings. The number of para-hydroxylation sites is 2. The smallest absolute Gasteiger partial charge is 0.264 e. The first-order valence-corrected chi connectivity index (χ1v) is 10.5. The minimum Gasteiger partial charge on any atom is -0.492 e. The molecular formula is C21H26N2O2S. The van der Waals surface area contributed by atoms with Crippen molar-refractivity contribution in [3.63, 3.8) is 0 Å². The van der Waals surface area contributed by atoms with Crippen LogP contribution >= 0.6 is 11.3 Å². The molecule has 1 aromatic heterocycles. The van der Waals surface area contributed by atoms with Crippen molar-refractivity contribution in [2.75, 3.05) is 37.7 Å². The maximum absolute atomic E-state index is 12.9. The molecule has 26 heavy (non-hydrogen) atoms. The molecular weight excluding hydrogens is 344 g/mol. The first-order chi connectivity index (χ1) is 12.8. The molecule has 2 aromatic rings. The van der Waals surface area contributed by atoms with Crippen molar-refractivity contribution in [1.29, 1.82) is 0 Å². The van der Waals surface area contributed by atoms with Crippen LogP contribution < -0.4 is 9.64 Å². The van der Waals surface area contributed by atoms with Gasteiger partial charge in [-0.25, -0.2) is 0 Å². The summed E-state index contributed by atoms with van der Waals surface area (Å²) in [6, 6.07) is 10.3. The van der Waals surface area contributed by atoms with Gasteiger partial charge in [0.25, 0.3) is 5.91 Å². The van der Waals surface area contributed by atoms with E-state index in [0.29, 0.717) is 6.61 Å². The van der Waals surface area contributed by atoms with E-state index >= 15 is 0 Å². The van der Waals surface area contributed by atoms with Crippen LogP contribution in [0.25, 0.3) is 0 Å². The number of carbonyl (C=O) groups excluding carboxylic acids is 1. The number of hydrogen-bond acceptors (Lipinski definition) is 4. The zero-order chi connectivity index (χ0) is 17.9. The number of nitrogens with zero attached hydrogens (tertiary/aromatic N) is 2. The average Bonchev–Trinajstić information content (AvgIpc) is 3.12. The Balaban J connectivity index is 1.42. The fraction of sp³-hybridized carbons (Fsp3) is 0.476. The maximum atomic E-state index is 12.9. The summed E-state index contributed by atoms with van der Waals surface area (Å²) < 4.78 is 5.76. The van der Waals surface area contributed by atoms with Gasteiger partial charge in [0.2, 0.25) is 0 Å². The molecule has 0 N–H and O–H groups in total. The van der Waals surface area contributed by atoms with E-state index in [-0.39, 0.29) is 5.91 Å². The second kappa shape index (κ2) is 7.70. The van der Waals surface area contributed by atoms with Crippen molar-refractivity contribution < 1.29 is 9.53 Å². The van der Waals surface area contributed by atoms with E-state index in [1.807, 2.05) is 30.0 Å². The highest BCUT2D eigenvalue weighted by atomic mass is 32.1. The molecule has 0 spiro atoms. The number of thiophene rings is 1. The molecule has 1 aliphatic carbocycles. The number of rotatable bonds is 4. The Morgan fingerprint density at radius 2 is 1.88 bits per heavy atom. The summed E-state index contributed by atoms with van der Waals surface area (Å²) in [5.74, 6) is 1.14. The third kappa shape index (κ3) is 3.45. The van der Waals surface area contributed by atoms with Crippen LogP contribution in [0.4, 0.5) is 5.69 Å². The third-order valence-corrected chi connectivity index (χ3v) is 6.51. The van der Waals surface area contributed by atoms with Crippen LogP contribution in [0.1, 0.15) is 39.9 Å². The molecule has 4 rings (SSSR count). The summed E-state index contributed by atoms with van der Waals surface area (Å²) in [4.78, 5) is 19.6. The van der Waals surface area contributed by atoms with Crippen LogP contribution in [0.3, 0.4) is 0 Å². The average molecular weight is 371 g/mol. The summed E-state index contributed by atoms with van der Waals surface area (Å²) in [6.07, 6.45) is 4.81. The van der Waals surface area contributed by atoms with Gasteiger partial charge < -0.3 is 14.5 Å². The number of amides is 1. The molecule has 1 saturated heterocycles. The van der Waals surface area contributed by atoms with Crippen LogP contribution in [0.15, 0.2) is 30.3 Å². The second-order valence-corrected chi connectivity index (χ2v) is 8.08. The summed E-state index contributed by atoms with van der Waals surface area (Å²) in [5, 5.41) is 0. The van der Waals surface area contributed by atoms with Crippen molar-refractivity contribution in [3.05, 3.63) is 45.6 Å². The van der Waals surface area contributed by atoms with E-state index in [4.69, 9.17) is 4.74 Å². The molecule has 1 aromatic carbocycles. The van der Waals surface area contributed by atoms with Crippen molar-refractivity contribution in [2.24, 2.45) is 0 Å². The fourth-order valence-corrected chi connectivity index (χ4v) is 5.12. The van der Waals surface area contributed by atoms with Gasteiger partial charge in [-0.3, -0.25) is 4.79 Å². The highest BCUT2D eigenvalue weighted by Crippen LogP contribution is 2.32. The highest BCUT2D eigenvalue weighted by molar-refractivity contribution is 7.14. The van der Waals surface area contributed by atoms with Gasteiger partial charge in [0.15, 0.2) is 0 Å². The number of hydrogen-bond donors (Lipinski definition) is 0. The molecule has 138 valence electrons. The lowest BCUT2D eigenvalue weighted by Gasteiger charge is -2.36. The van der Waals surface area contributed by atoms with Gasteiger partial charge in [0.05, 0.1) is 17.2 Å². The number of anilines is 1. The van der Waals surface area contributed by atoms with Crippen LogP contribution in [-0.4, -0.2) is 43.6 Å². The summed E-state index contributed by atoms with van der Waals surface area (Å²) in [6.45, 7) is 5.90. The van der Waals surface area contributed by atoms with Gasteiger partial charge >= 0.3 is 0 Å². The van der Waals surface area contributed by atoms with Crippen molar-refractivity contribution in [3.8, 4) is 5.75 Å². The Hall–Kier alpha value is -2.01. The number of carbonyl (C=O) groups is 1. The standard InChI is InChI=1S/C21H26N2O2S/c1-2-25-18-9-5-4-8-17(18)22-11-13-23(14-12-22)21(24)20-15-16-7-3-6-10-19(16)26-20/h4-5,8-9,15H,2-3,6-7,10-14H2,1H3. The minimum atomic E-state index is 0.210. The number of piperazine rings is 1. The highest BCUT2D eigenvalue weighted by Gasteiger charge is 2.26. The first-order valence-electron chi connectivity index (χ1n) is 9.64. The molecule has 1 amide bonds. The molecule has 0 unspecified atom stereocenters. The van der Waals surface area contributed by atoms with Crippen molar-refractivity contribution in [2.45, 2.75) is 32.6 Å². The van der Waals surface area contributed by atoms with Crippen LogP contribution in [0, 0.1) is 0 Å². The quantitative estimate of drug-likeness (QED) is 0.816. The zero-order valence-corrected chi connectivity index (χ0v) is 16.2. The lowest BCUT2D eigenvalue weighted by molar-refractivity contribution is 0.0751. The molecule has 1 aliphatic heterocycles. The predicted octanol–water partition coefficient (Wildman–Crippen LogP) is 3.99. The van der Waals surface area contributed by atoms with Gasteiger partial charge in [-0.15, -0.1) is 11.3 Å². The van der Waals surface area contributed by atoms with Gasteiger partial charge in [-0.2, -0.15) is 0 Å². The topological polar surface area (TPSA) is 32.8 Å². The van der Waals surface area contributed by atoms with Crippen molar-refractivity contribution >= 4 is 22.9 Å².